The van der Waals surface area contributed by atoms with Crippen LogP contribution in [0.5, 0.6) is 0 Å². The number of aromatic nitrogens is 4. The average molecular weight is 1100 g/mol. The van der Waals surface area contributed by atoms with Crippen LogP contribution >= 0.6 is 7.82 Å². The Morgan fingerprint density at radius 2 is 1.32 bits per heavy atom. The fourth-order valence-corrected chi connectivity index (χ4v) is 8.53. The zero-order valence-electron chi connectivity index (χ0n) is 38.0. The van der Waals surface area contributed by atoms with E-state index in [0.717, 1.165) is 12.3 Å². The third-order valence-electron chi connectivity index (χ3n) is 10.6. The summed E-state index contributed by atoms with van der Waals surface area (Å²) in [5.41, 5.74) is -3.81. The molecule has 0 saturated carbocycles. The van der Waals surface area contributed by atoms with Gasteiger partial charge in [0.05, 0.1) is 32.3 Å². The Bertz CT molecular complexity index is 2890. The highest BCUT2D eigenvalue weighted by Crippen LogP contribution is 2.58. The van der Waals surface area contributed by atoms with Crippen molar-refractivity contribution in [2.45, 2.75) is 87.0 Å². The number of phosphoric acid groups is 1. The van der Waals surface area contributed by atoms with Crippen LogP contribution < -0.4 is 22.5 Å². The van der Waals surface area contributed by atoms with Crippen LogP contribution in [0.15, 0.2) is 104 Å². The van der Waals surface area contributed by atoms with Gasteiger partial charge >= 0.3 is 43.9 Å². The summed E-state index contributed by atoms with van der Waals surface area (Å²) in [6.45, 7) is -7.22. The molecule has 33 heteroatoms. The predicted molar refractivity (Wildman–Crippen MR) is 229 cm³/mol. The maximum Gasteiger partial charge on any atom is 0.509 e. The van der Waals surface area contributed by atoms with Crippen LogP contribution in [0.25, 0.3) is 0 Å². The molecule has 5 N–H and O–H groups in total. The van der Waals surface area contributed by atoms with Gasteiger partial charge in [-0.3, -0.25) is 37.7 Å². The highest BCUT2D eigenvalue weighted by Gasteiger charge is 2.64. The Hall–Kier alpha value is -6.76. The lowest BCUT2D eigenvalue weighted by Crippen LogP contribution is -2.53. The van der Waals surface area contributed by atoms with Gasteiger partial charge in [-0.25, -0.2) is 28.3 Å². The van der Waals surface area contributed by atoms with Crippen LogP contribution in [0.3, 0.4) is 0 Å². The van der Waals surface area contributed by atoms with Crippen molar-refractivity contribution in [2.24, 2.45) is 5.92 Å². The number of nitrogens with one attached hydrogen (secondary N) is 2. The number of hydrogen-bond donors (Lipinski definition) is 5. The summed E-state index contributed by atoms with van der Waals surface area (Å²) >= 11 is 0. The number of phosphoric ester groups is 1. The summed E-state index contributed by atoms with van der Waals surface area (Å²) in [7, 11) is -6.02. The first-order valence-electron chi connectivity index (χ1n) is 21.5. The molecule has 0 bridgehead atoms. The summed E-state index contributed by atoms with van der Waals surface area (Å²) in [6.07, 6.45) is -33.3. The molecule has 0 radical (unpaired) electrons. The lowest BCUT2D eigenvalue weighted by molar-refractivity contribution is -0.304. The van der Waals surface area contributed by atoms with Gasteiger partial charge in [0.15, 0.2) is 49.1 Å². The fourth-order valence-electron chi connectivity index (χ4n) is 7.09. The smallest absolute Gasteiger partial charge is 0.429 e. The maximum absolute atomic E-state index is 14.9. The fraction of sp³-hybridized carbons (Fsp3) is 0.452. The largest absolute Gasteiger partial charge is 0.509 e. The normalized spacial score (nSPS) is 24.0. The van der Waals surface area contributed by atoms with Crippen LogP contribution in [-0.2, 0) is 69.2 Å². The number of halogens is 6. The van der Waals surface area contributed by atoms with E-state index in [1.54, 1.807) is 59.6 Å². The van der Waals surface area contributed by atoms with Crippen molar-refractivity contribution in [3.05, 3.63) is 138 Å². The van der Waals surface area contributed by atoms with E-state index in [1.807, 2.05) is 4.98 Å². The van der Waals surface area contributed by atoms with Gasteiger partial charge in [-0.15, -0.1) is 0 Å². The number of aliphatic hydroxyl groups excluding tert-OH is 2. The molecule has 2 aliphatic rings. The number of aliphatic hydroxyl groups is 3. The van der Waals surface area contributed by atoms with Gasteiger partial charge < -0.3 is 53.2 Å². The zero-order valence-corrected chi connectivity index (χ0v) is 38.9. The molecule has 2 unspecified atom stereocenters. The average Bonchev–Trinajstić information content (AvgIpc) is 3.82. The Morgan fingerprint density at radius 1 is 0.800 bits per heavy atom. The highest BCUT2D eigenvalue weighted by atomic mass is 31.2. The summed E-state index contributed by atoms with van der Waals surface area (Å²) in [4.78, 5) is 80.6. The quantitative estimate of drug-likeness (QED) is 0.0248. The standard InChI is InChI=1S/C42H42F6N5O21P/c43-41(44,45)25(42(46,47)48)21-64-22-67-32-34(53-16-13-28(56)51-37(53)59)69-26(18-54)40(32,62)74-75(63,68-17-7-14-49)73-35(57)31-29(71-38(60)65-19-23-8-3-1-4-9-23)30(33(70-31)52-15-12-27(55)50-36(52)58)72-39(61)66-20-24-10-5-2-6-11-24/h1-6,8-13,15-16,25-26,29-35,54,57,62H,7,17-22H2,(H,50,55,58)(H,51,56,59)/t26-,29+,30-,31+,32+,33-,34-,35?,40-,75?/m1/s1. The summed E-state index contributed by atoms with van der Waals surface area (Å²) in [5, 5.41) is 43.7. The van der Waals surface area contributed by atoms with Crippen molar-refractivity contribution in [2.75, 3.05) is 26.6 Å². The molecule has 26 nitrogen and oxygen atoms in total. The number of alkyl halides is 6. The van der Waals surface area contributed by atoms with Crippen molar-refractivity contribution in [1.82, 2.24) is 19.1 Å². The third kappa shape index (κ3) is 14.8. The molecule has 10 atom stereocenters. The van der Waals surface area contributed by atoms with Crippen molar-refractivity contribution in [3.63, 3.8) is 0 Å². The minimum Gasteiger partial charge on any atom is -0.429 e. The first-order chi connectivity index (χ1) is 35.5. The number of benzene rings is 2. The molecule has 2 aromatic heterocycles. The number of carbonyl (C=O) groups is 2. The summed E-state index contributed by atoms with van der Waals surface area (Å²) < 4.78 is 154. The van der Waals surface area contributed by atoms with E-state index in [1.165, 1.54) is 12.1 Å². The molecule has 4 aromatic rings. The Labute approximate surface area is 414 Å². The number of H-pyrrole nitrogens is 2. The minimum atomic E-state index is -6.02. The second kappa shape index (κ2) is 24.7. The lowest BCUT2D eigenvalue weighted by Gasteiger charge is -2.35. The first-order valence-corrected chi connectivity index (χ1v) is 23.0. The van der Waals surface area contributed by atoms with E-state index >= 15 is 0 Å². The van der Waals surface area contributed by atoms with E-state index in [2.05, 4.69) is 4.74 Å². The van der Waals surface area contributed by atoms with E-state index in [9.17, 15) is 80.3 Å². The van der Waals surface area contributed by atoms with Crippen LogP contribution in [0.2, 0.25) is 0 Å². The second-order valence-corrected chi connectivity index (χ2v) is 17.2. The SMILES string of the molecule is N#CCCOP(=O)(OC(O)[C@H]1O[C@@H](n2ccc(=O)[nH]c2=O)[C@H](OC(=O)OCc2ccccc2)[C@@H]1OC(=O)OCc1ccccc1)O[C@]1(O)[C@@H](CO)O[C@@H](n2ccc(=O)[nH]c2=O)[C@@H]1OCOCC(C(F)(F)F)C(F)(F)F. The van der Waals surface area contributed by atoms with Crippen molar-refractivity contribution in [1.29, 1.82) is 5.26 Å². The first kappa shape index (κ1) is 57.5. The highest BCUT2D eigenvalue weighted by molar-refractivity contribution is 7.48. The molecule has 4 heterocycles. The second-order valence-electron chi connectivity index (χ2n) is 15.7. The third-order valence-corrected chi connectivity index (χ3v) is 12.1. The zero-order chi connectivity index (χ0) is 54.7. The molecular weight excluding hydrogens is 1060 g/mol. The Kier molecular flexibility index (Phi) is 19.0. The number of nitrogens with zero attached hydrogens (tertiary/aromatic N) is 3. The van der Waals surface area contributed by atoms with Gasteiger partial charge in [0.2, 0.25) is 5.79 Å². The van der Waals surface area contributed by atoms with Crippen molar-refractivity contribution >= 4 is 20.1 Å². The molecule has 0 aliphatic carbocycles. The maximum atomic E-state index is 14.9. The van der Waals surface area contributed by atoms with Crippen molar-refractivity contribution < 1.29 is 107 Å². The molecule has 2 saturated heterocycles. The molecule has 408 valence electrons. The number of rotatable bonds is 22. The summed E-state index contributed by atoms with van der Waals surface area (Å²) in [5.74, 6) is -7.78. The molecule has 2 aliphatic heterocycles. The van der Waals surface area contributed by atoms with E-state index < -0.39 is 162 Å². The number of nitriles is 1. The van der Waals surface area contributed by atoms with E-state index in [-0.39, 0.29) is 0 Å². The van der Waals surface area contributed by atoms with Crippen LogP contribution in [-0.4, -0.2) is 128 Å². The molecule has 75 heavy (non-hydrogen) atoms. The number of ether oxygens (including phenoxy) is 8. The molecular formula is C42H42F6N5O21P. The van der Waals surface area contributed by atoms with Gasteiger partial charge in [0, 0.05) is 24.5 Å². The minimum absolute atomic E-state index is 0.399. The van der Waals surface area contributed by atoms with Crippen LogP contribution in [0.1, 0.15) is 30.0 Å². The van der Waals surface area contributed by atoms with Gasteiger partial charge in [0.1, 0.15) is 26.1 Å². The molecule has 2 fully saturated rings. The number of hydrogen-bond acceptors (Lipinski definition) is 22. The van der Waals surface area contributed by atoms with Crippen LogP contribution in [0, 0.1) is 17.2 Å². The summed E-state index contributed by atoms with van der Waals surface area (Å²) in [6, 6.07) is 18.9. The van der Waals surface area contributed by atoms with Gasteiger partial charge in [-0.2, -0.15) is 31.6 Å². The molecule has 2 aromatic carbocycles. The molecule has 6 rings (SSSR count). The van der Waals surface area contributed by atoms with Gasteiger partial charge in [-0.05, 0) is 11.1 Å². The lowest BCUT2D eigenvalue weighted by atomic mass is 10.1. The molecule has 0 spiro atoms. The van der Waals surface area contributed by atoms with E-state index in [0.29, 0.717) is 32.5 Å². The predicted octanol–water partition coefficient (Wildman–Crippen LogP) is 2.50. The van der Waals surface area contributed by atoms with Crippen molar-refractivity contribution in [3.8, 4) is 6.07 Å². The Morgan fingerprint density at radius 3 is 1.81 bits per heavy atom. The van der Waals surface area contributed by atoms with Gasteiger partial charge in [-0.1, -0.05) is 60.7 Å². The Balaban J connectivity index is 1.37. The monoisotopic (exact) mass is 1100 g/mol. The topological polar surface area (TPSA) is 347 Å². The van der Waals surface area contributed by atoms with Crippen LogP contribution in [0.4, 0.5) is 35.9 Å². The number of aromatic amines is 2. The van der Waals surface area contributed by atoms with E-state index in [4.69, 9.17) is 46.7 Å². The molecule has 0 amide bonds. The number of carbonyl (C=O) groups excluding carboxylic acids is 2. The van der Waals surface area contributed by atoms with Gasteiger partial charge in [0.25, 0.3) is 11.1 Å².